The number of halogens is 1. The summed E-state index contributed by atoms with van der Waals surface area (Å²) in [6, 6.07) is 9.79. The van der Waals surface area contributed by atoms with Crippen molar-refractivity contribution in [2.45, 2.75) is 64.0 Å². The molecule has 2 aromatic rings. The number of methoxy groups -OCH3 is 1. The van der Waals surface area contributed by atoms with E-state index in [9.17, 15) is 9.59 Å². The fraction of sp³-hybridized carbons (Fsp3) is 0.440. The van der Waals surface area contributed by atoms with Gasteiger partial charge < -0.3 is 10.1 Å². The molecule has 158 valence electrons. The van der Waals surface area contributed by atoms with Crippen LogP contribution < -0.4 is 5.32 Å². The number of ketones is 1. The lowest BCUT2D eigenvalue weighted by molar-refractivity contribution is -0.126. The Morgan fingerprint density at radius 3 is 2.27 bits per heavy atom. The first-order valence-electron chi connectivity index (χ1n) is 10.5. The van der Waals surface area contributed by atoms with Crippen LogP contribution in [0.3, 0.4) is 0 Å². The Hall–Kier alpha value is -2.17. The third-order valence-corrected chi connectivity index (χ3v) is 7.18. The number of carbonyl (C=O) groups excluding carboxylic acids is 2. The molecule has 1 heterocycles. The topological polar surface area (TPSA) is 55.4 Å². The number of nitrogens with one attached hydrogen (secondary N) is 1. The van der Waals surface area contributed by atoms with Crippen molar-refractivity contribution in [3.8, 4) is 11.1 Å². The van der Waals surface area contributed by atoms with Gasteiger partial charge in [-0.15, -0.1) is 0 Å². The number of rotatable bonds is 3. The van der Waals surface area contributed by atoms with E-state index in [1.807, 2.05) is 38.1 Å². The second-order valence-electron chi connectivity index (χ2n) is 8.73. The number of carbonyl (C=O) groups is 2. The maximum absolute atomic E-state index is 13.6. The van der Waals surface area contributed by atoms with E-state index in [4.69, 9.17) is 16.3 Å². The van der Waals surface area contributed by atoms with Gasteiger partial charge in [0.25, 0.3) is 0 Å². The van der Waals surface area contributed by atoms with Gasteiger partial charge in [-0.2, -0.15) is 0 Å². The van der Waals surface area contributed by atoms with Gasteiger partial charge in [-0.25, -0.2) is 0 Å². The van der Waals surface area contributed by atoms with E-state index in [1.165, 1.54) is 0 Å². The van der Waals surface area contributed by atoms with Crippen molar-refractivity contribution in [2.24, 2.45) is 0 Å². The van der Waals surface area contributed by atoms with Gasteiger partial charge in [0.2, 0.25) is 5.91 Å². The van der Waals surface area contributed by atoms with E-state index < -0.39 is 11.5 Å². The van der Waals surface area contributed by atoms with Crippen LogP contribution in [0, 0.1) is 20.8 Å². The van der Waals surface area contributed by atoms with E-state index in [0.29, 0.717) is 17.9 Å². The second kappa shape index (κ2) is 7.82. The summed E-state index contributed by atoms with van der Waals surface area (Å²) in [5, 5.41) is 3.77. The molecule has 1 aliphatic heterocycles. The molecule has 0 aromatic heterocycles. The zero-order valence-corrected chi connectivity index (χ0v) is 18.7. The molecule has 4 rings (SSSR count). The molecule has 30 heavy (non-hydrogen) atoms. The summed E-state index contributed by atoms with van der Waals surface area (Å²) in [7, 11) is 1.71. The Balaban J connectivity index is 1.77. The van der Waals surface area contributed by atoms with Crippen LogP contribution in [-0.4, -0.2) is 30.4 Å². The first-order valence-corrected chi connectivity index (χ1v) is 10.9. The average molecular weight is 426 g/mol. The zero-order chi connectivity index (χ0) is 21.6. The van der Waals surface area contributed by atoms with Crippen LogP contribution in [0.5, 0.6) is 0 Å². The highest BCUT2D eigenvalue weighted by atomic mass is 35.5. The molecule has 1 aliphatic carbocycles. The van der Waals surface area contributed by atoms with Crippen LogP contribution >= 0.6 is 11.6 Å². The second-order valence-corrected chi connectivity index (χ2v) is 9.17. The molecule has 1 amide bonds. The predicted molar refractivity (Wildman–Crippen MR) is 119 cm³/mol. The van der Waals surface area contributed by atoms with Crippen LogP contribution in [-0.2, 0) is 14.3 Å². The van der Waals surface area contributed by atoms with Gasteiger partial charge in [0, 0.05) is 12.1 Å². The molecule has 1 spiro atoms. The molecule has 1 saturated carbocycles. The van der Waals surface area contributed by atoms with Crippen molar-refractivity contribution in [3.05, 3.63) is 57.6 Å². The highest BCUT2D eigenvalue weighted by molar-refractivity contribution is 6.30. The normalized spacial score (nSPS) is 26.3. The first-order chi connectivity index (χ1) is 14.3. The predicted octanol–water partition coefficient (Wildman–Crippen LogP) is 5.04. The van der Waals surface area contributed by atoms with Gasteiger partial charge in [-0.05, 0) is 92.0 Å². The van der Waals surface area contributed by atoms with Crippen LogP contribution in [0.2, 0.25) is 5.02 Å². The number of amides is 1. The summed E-state index contributed by atoms with van der Waals surface area (Å²) in [6.07, 6.45) is 3.02. The van der Waals surface area contributed by atoms with Crippen molar-refractivity contribution >= 4 is 23.3 Å². The Labute approximate surface area is 183 Å². The molecule has 0 radical (unpaired) electrons. The third-order valence-electron chi connectivity index (χ3n) is 6.93. The number of aryl methyl sites for hydroxylation is 2. The van der Waals surface area contributed by atoms with Gasteiger partial charge in [0.05, 0.1) is 11.6 Å². The molecule has 2 aliphatic rings. The van der Waals surface area contributed by atoms with E-state index in [2.05, 4.69) is 18.3 Å². The highest BCUT2D eigenvalue weighted by Crippen LogP contribution is 2.43. The molecule has 2 fully saturated rings. The molecule has 1 atom stereocenters. The van der Waals surface area contributed by atoms with Crippen LogP contribution in [0.4, 0.5) is 0 Å². The quantitative estimate of drug-likeness (QED) is 0.700. The fourth-order valence-corrected chi connectivity index (χ4v) is 5.55. The molecule has 1 unspecified atom stereocenters. The largest absolute Gasteiger partial charge is 0.381 e. The molecular weight excluding hydrogens is 398 g/mol. The lowest BCUT2D eigenvalue weighted by Crippen LogP contribution is -2.50. The maximum atomic E-state index is 13.6. The molecule has 1 saturated heterocycles. The van der Waals surface area contributed by atoms with Gasteiger partial charge in [-0.1, -0.05) is 29.8 Å². The minimum absolute atomic E-state index is 0.0131. The van der Waals surface area contributed by atoms with Gasteiger partial charge in [-0.3, -0.25) is 9.59 Å². The molecule has 1 N–H and O–H groups in total. The minimum atomic E-state index is -0.754. The smallest absolute Gasteiger partial charge is 0.235 e. The number of hydrogen-bond acceptors (Lipinski definition) is 3. The van der Waals surface area contributed by atoms with Crippen LogP contribution in [0.1, 0.15) is 53.9 Å². The van der Waals surface area contributed by atoms with Crippen LogP contribution in [0.25, 0.3) is 11.1 Å². The van der Waals surface area contributed by atoms with Crippen molar-refractivity contribution in [1.82, 2.24) is 5.32 Å². The average Bonchev–Trinajstić information content (AvgIpc) is 2.94. The number of Topliss-reactive ketones (excluding diaryl/α,β-unsaturated/α-hetero) is 1. The fourth-order valence-electron chi connectivity index (χ4n) is 5.42. The van der Waals surface area contributed by atoms with E-state index in [0.717, 1.165) is 46.2 Å². The molecule has 4 nitrogen and oxygen atoms in total. The van der Waals surface area contributed by atoms with E-state index in [1.54, 1.807) is 7.11 Å². The van der Waals surface area contributed by atoms with Gasteiger partial charge >= 0.3 is 0 Å². The van der Waals surface area contributed by atoms with Crippen molar-refractivity contribution in [2.75, 3.05) is 7.11 Å². The summed E-state index contributed by atoms with van der Waals surface area (Å²) in [4.78, 5) is 26.7. The Kier molecular flexibility index (Phi) is 5.50. The first kappa shape index (κ1) is 21.1. The third kappa shape index (κ3) is 3.36. The number of hydrogen-bond donors (Lipinski definition) is 1. The molecule has 2 aromatic carbocycles. The Morgan fingerprint density at radius 2 is 1.67 bits per heavy atom. The minimum Gasteiger partial charge on any atom is -0.381 e. The Morgan fingerprint density at radius 1 is 1.03 bits per heavy atom. The van der Waals surface area contributed by atoms with Crippen LogP contribution in [0.15, 0.2) is 30.3 Å². The summed E-state index contributed by atoms with van der Waals surface area (Å²) in [6.45, 7) is 6.08. The SMILES string of the molecule is COC1CCC2(CC1)NC(=O)C(c1c(C)cc(C)c(-c3ccc(Cl)cc3)c1C)C2=O. The van der Waals surface area contributed by atoms with E-state index >= 15 is 0 Å². The summed E-state index contributed by atoms with van der Waals surface area (Å²) in [5.41, 5.74) is 5.30. The van der Waals surface area contributed by atoms with Crippen molar-refractivity contribution in [1.29, 1.82) is 0 Å². The monoisotopic (exact) mass is 425 g/mol. The molecular formula is C25H28ClNO3. The maximum Gasteiger partial charge on any atom is 0.235 e. The van der Waals surface area contributed by atoms with E-state index in [-0.39, 0.29) is 17.8 Å². The lowest BCUT2D eigenvalue weighted by atomic mass is 9.74. The summed E-state index contributed by atoms with van der Waals surface area (Å²) in [5.74, 6) is -0.914. The molecule has 0 bridgehead atoms. The van der Waals surface area contributed by atoms with Crippen molar-refractivity contribution in [3.63, 3.8) is 0 Å². The summed E-state index contributed by atoms with van der Waals surface area (Å²) < 4.78 is 5.46. The summed E-state index contributed by atoms with van der Waals surface area (Å²) >= 11 is 6.07. The molecule has 5 heteroatoms. The Bertz CT molecular complexity index is 1000. The lowest BCUT2D eigenvalue weighted by Gasteiger charge is -2.35. The zero-order valence-electron chi connectivity index (χ0n) is 18.0. The number of benzene rings is 2. The van der Waals surface area contributed by atoms with Gasteiger partial charge in [0.15, 0.2) is 5.78 Å². The van der Waals surface area contributed by atoms with Gasteiger partial charge in [0.1, 0.15) is 5.92 Å². The standard InChI is InChI=1S/C25H28ClNO3/c1-14-13-15(2)21(16(3)20(14)17-5-7-18(26)8-6-17)22-23(28)25(27-24(22)29)11-9-19(30-4)10-12-25/h5-8,13,19,22H,9-12H2,1-4H3,(H,27,29). The van der Waals surface area contributed by atoms with Crippen molar-refractivity contribution < 1.29 is 14.3 Å². The highest BCUT2D eigenvalue weighted by Gasteiger charge is 2.54. The number of ether oxygens (including phenoxy) is 1.